The fourth-order valence-electron chi connectivity index (χ4n) is 2.71. The molecule has 0 amide bonds. The maximum absolute atomic E-state index is 11.2. The van der Waals surface area contributed by atoms with Gasteiger partial charge in [-0.15, -0.1) is 0 Å². The highest BCUT2D eigenvalue weighted by Crippen LogP contribution is 2.14. The smallest absolute Gasteiger partial charge is 0.130 e. The number of carbonyl (C=O) groups excluding carboxylic acids is 1. The van der Waals surface area contributed by atoms with Gasteiger partial charge in [-0.05, 0) is 61.2 Å². The van der Waals surface area contributed by atoms with Crippen LogP contribution in [0.25, 0.3) is 0 Å². The standard InChI is InChI=1S/C23H26O3/c1-18(16-19(2)24)17-22-8-6-20(7-9-22)4-5-21-10-12-23(13-11-21)26-15-14-25-3/h6-13,18H,14-17H2,1-3H3. The van der Waals surface area contributed by atoms with Crippen molar-refractivity contribution in [3.63, 3.8) is 0 Å². The number of methoxy groups -OCH3 is 1. The second-order valence-electron chi connectivity index (χ2n) is 6.53. The van der Waals surface area contributed by atoms with Crippen LogP contribution in [0.15, 0.2) is 48.5 Å². The number of hydrogen-bond acceptors (Lipinski definition) is 3. The van der Waals surface area contributed by atoms with Gasteiger partial charge >= 0.3 is 0 Å². The quantitative estimate of drug-likeness (QED) is 0.527. The lowest BCUT2D eigenvalue weighted by Gasteiger charge is -2.09. The molecule has 0 bridgehead atoms. The topological polar surface area (TPSA) is 35.5 Å². The van der Waals surface area contributed by atoms with Crippen molar-refractivity contribution in [3.8, 4) is 17.6 Å². The monoisotopic (exact) mass is 350 g/mol. The minimum absolute atomic E-state index is 0.245. The summed E-state index contributed by atoms with van der Waals surface area (Å²) in [5, 5.41) is 0. The first-order chi connectivity index (χ1) is 12.6. The number of rotatable bonds is 8. The second kappa shape index (κ2) is 10.4. The lowest BCUT2D eigenvalue weighted by Crippen LogP contribution is -2.04. The van der Waals surface area contributed by atoms with Crippen molar-refractivity contribution in [2.75, 3.05) is 20.3 Å². The van der Waals surface area contributed by atoms with E-state index in [1.807, 2.05) is 36.4 Å². The molecule has 0 radical (unpaired) electrons. The summed E-state index contributed by atoms with van der Waals surface area (Å²) in [6.07, 6.45) is 1.55. The van der Waals surface area contributed by atoms with Gasteiger partial charge in [-0.25, -0.2) is 0 Å². The van der Waals surface area contributed by atoms with Gasteiger partial charge in [0.05, 0.1) is 6.61 Å². The maximum Gasteiger partial charge on any atom is 0.130 e. The van der Waals surface area contributed by atoms with Crippen LogP contribution in [0.4, 0.5) is 0 Å². The van der Waals surface area contributed by atoms with Crippen LogP contribution in [0.5, 0.6) is 5.75 Å². The Morgan fingerprint density at radius 2 is 1.54 bits per heavy atom. The SMILES string of the molecule is COCCOc1ccc(C#Cc2ccc(CC(C)CC(C)=O)cc2)cc1. The van der Waals surface area contributed by atoms with E-state index in [1.165, 1.54) is 5.56 Å². The average molecular weight is 350 g/mol. The fraction of sp³-hybridized carbons (Fsp3) is 0.348. The van der Waals surface area contributed by atoms with Gasteiger partial charge in [-0.3, -0.25) is 0 Å². The summed E-state index contributed by atoms with van der Waals surface area (Å²) in [7, 11) is 1.65. The van der Waals surface area contributed by atoms with E-state index in [0.29, 0.717) is 25.6 Å². The molecule has 0 aliphatic heterocycles. The van der Waals surface area contributed by atoms with Crippen LogP contribution in [0.2, 0.25) is 0 Å². The van der Waals surface area contributed by atoms with Gasteiger partial charge in [-0.2, -0.15) is 0 Å². The van der Waals surface area contributed by atoms with E-state index in [0.717, 1.165) is 23.3 Å². The number of benzene rings is 2. The molecule has 1 atom stereocenters. The molecule has 0 fully saturated rings. The van der Waals surface area contributed by atoms with Crippen molar-refractivity contribution in [1.29, 1.82) is 0 Å². The van der Waals surface area contributed by atoms with Crippen molar-refractivity contribution in [3.05, 3.63) is 65.2 Å². The molecule has 1 unspecified atom stereocenters. The summed E-state index contributed by atoms with van der Waals surface area (Å²) >= 11 is 0. The Morgan fingerprint density at radius 1 is 0.962 bits per heavy atom. The van der Waals surface area contributed by atoms with Crippen LogP contribution >= 0.6 is 0 Å². The molecule has 136 valence electrons. The van der Waals surface area contributed by atoms with E-state index in [4.69, 9.17) is 9.47 Å². The number of ether oxygens (including phenoxy) is 2. The van der Waals surface area contributed by atoms with Gasteiger partial charge in [0.1, 0.15) is 18.1 Å². The van der Waals surface area contributed by atoms with Crippen LogP contribution in [0.3, 0.4) is 0 Å². The molecule has 3 nitrogen and oxygen atoms in total. The Hall–Kier alpha value is -2.57. The Balaban J connectivity index is 1.92. The third-order valence-electron chi connectivity index (χ3n) is 3.94. The summed E-state index contributed by atoms with van der Waals surface area (Å²) in [5.74, 6) is 7.78. The Kier molecular flexibility index (Phi) is 7.92. The van der Waals surface area contributed by atoms with Crippen molar-refractivity contribution < 1.29 is 14.3 Å². The number of Topliss-reactive ketones (excluding diaryl/α,β-unsaturated/α-hetero) is 1. The van der Waals surface area contributed by atoms with E-state index < -0.39 is 0 Å². The largest absolute Gasteiger partial charge is 0.491 e. The van der Waals surface area contributed by atoms with Crippen molar-refractivity contribution in [2.24, 2.45) is 5.92 Å². The van der Waals surface area contributed by atoms with Gasteiger partial charge in [0, 0.05) is 24.7 Å². The maximum atomic E-state index is 11.2. The van der Waals surface area contributed by atoms with Crippen molar-refractivity contribution >= 4 is 5.78 Å². The minimum Gasteiger partial charge on any atom is -0.491 e. The Labute approximate surface area is 156 Å². The molecule has 2 aromatic rings. The highest BCUT2D eigenvalue weighted by molar-refractivity contribution is 5.75. The van der Waals surface area contributed by atoms with Crippen LogP contribution in [-0.2, 0) is 16.0 Å². The highest BCUT2D eigenvalue weighted by atomic mass is 16.5. The summed E-state index contributed by atoms with van der Waals surface area (Å²) in [6, 6.07) is 16.0. The van der Waals surface area contributed by atoms with Crippen LogP contribution in [0.1, 0.15) is 37.0 Å². The minimum atomic E-state index is 0.245. The molecule has 0 heterocycles. The molecule has 2 aromatic carbocycles. The summed E-state index contributed by atoms with van der Waals surface area (Å²) in [5.41, 5.74) is 3.17. The third-order valence-corrected chi connectivity index (χ3v) is 3.94. The Morgan fingerprint density at radius 3 is 2.08 bits per heavy atom. The molecule has 0 aromatic heterocycles. The van der Waals surface area contributed by atoms with E-state index >= 15 is 0 Å². The summed E-state index contributed by atoms with van der Waals surface area (Å²) in [4.78, 5) is 11.2. The normalized spacial score (nSPS) is 11.3. The van der Waals surface area contributed by atoms with E-state index in [1.54, 1.807) is 14.0 Å². The molecule has 2 rings (SSSR count). The van der Waals surface area contributed by atoms with E-state index in [9.17, 15) is 4.79 Å². The molecule has 26 heavy (non-hydrogen) atoms. The summed E-state index contributed by atoms with van der Waals surface area (Å²) in [6.45, 7) is 4.87. The predicted octanol–water partition coefficient (Wildman–Crippen LogP) is 4.27. The van der Waals surface area contributed by atoms with Crippen molar-refractivity contribution in [2.45, 2.75) is 26.7 Å². The van der Waals surface area contributed by atoms with Gasteiger partial charge in [0.15, 0.2) is 0 Å². The van der Waals surface area contributed by atoms with Gasteiger partial charge in [-0.1, -0.05) is 30.9 Å². The zero-order valence-electron chi connectivity index (χ0n) is 15.7. The molecule has 0 saturated carbocycles. The second-order valence-corrected chi connectivity index (χ2v) is 6.53. The average Bonchev–Trinajstić information content (AvgIpc) is 2.62. The number of hydrogen-bond donors (Lipinski definition) is 0. The molecule has 0 spiro atoms. The molecule has 3 heteroatoms. The third kappa shape index (κ3) is 7.13. The molecular weight excluding hydrogens is 324 g/mol. The molecule has 0 N–H and O–H groups in total. The van der Waals surface area contributed by atoms with Gasteiger partial charge in [0.2, 0.25) is 0 Å². The lowest BCUT2D eigenvalue weighted by atomic mass is 9.96. The van der Waals surface area contributed by atoms with E-state index in [2.05, 4.69) is 30.9 Å². The lowest BCUT2D eigenvalue weighted by molar-refractivity contribution is -0.117. The van der Waals surface area contributed by atoms with Crippen LogP contribution in [0, 0.1) is 17.8 Å². The van der Waals surface area contributed by atoms with Gasteiger partial charge < -0.3 is 14.3 Å². The Bertz CT molecular complexity index is 749. The first-order valence-corrected chi connectivity index (χ1v) is 8.89. The van der Waals surface area contributed by atoms with Crippen molar-refractivity contribution in [1.82, 2.24) is 0 Å². The fourth-order valence-corrected chi connectivity index (χ4v) is 2.71. The molecule has 0 aliphatic carbocycles. The zero-order valence-corrected chi connectivity index (χ0v) is 15.7. The molecular formula is C23H26O3. The first kappa shape index (κ1) is 19.8. The van der Waals surface area contributed by atoms with E-state index in [-0.39, 0.29) is 5.78 Å². The molecule has 0 saturated heterocycles. The predicted molar refractivity (Wildman–Crippen MR) is 104 cm³/mol. The molecule has 0 aliphatic rings. The number of carbonyl (C=O) groups is 1. The highest BCUT2D eigenvalue weighted by Gasteiger charge is 2.06. The van der Waals surface area contributed by atoms with Crippen LogP contribution < -0.4 is 4.74 Å². The zero-order chi connectivity index (χ0) is 18.8. The summed E-state index contributed by atoms with van der Waals surface area (Å²) < 4.78 is 10.5. The first-order valence-electron chi connectivity index (χ1n) is 8.89. The van der Waals surface area contributed by atoms with Crippen LogP contribution in [-0.4, -0.2) is 26.1 Å². The van der Waals surface area contributed by atoms with Gasteiger partial charge in [0.25, 0.3) is 0 Å². The number of ketones is 1.